The maximum atomic E-state index is 13.7. The van der Waals surface area contributed by atoms with Gasteiger partial charge in [0.05, 0.1) is 29.6 Å². The number of pyridine rings is 1. The number of hydrogen-bond acceptors (Lipinski definition) is 6. The highest BCUT2D eigenvalue weighted by molar-refractivity contribution is 6.11. The van der Waals surface area contributed by atoms with Crippen LogP contribution in [-0.2, 0) is 4.79 Å². The molecule has 226 valence electrons. The minimum Gasteiger partial charge on any atom is -0.342 e. The highest BCUT2D eigenvalue weighted by Crippen LogP contribution is 2.50. The number of benzene rings is 1. The number of aromatic amines is 1. The van der Waals surface area contributed by atoms with Crippen molar-refractivity contribution < 1.29 is 27.2 Å². The van der Waals surface area contributed by atoms with Gasteiger partial charge in [-0.05, 0) is 55.3 Å². The second-order valence-corrected chi connectivity index (χ2v) is 10.7. The first-order valence-electron chi connectivity index (χ1n) is 13.8. The van der Waals surface area contributed by atoms with E-state index in [2.05, 4.69) is 25.3 Å². The van der Waals surface area contributed by atoms with E-state index in [0.717, 1.165) is 6.07 Å². The number of allylic oxidation sites excluding steroid dienone is 1. The summed E-state index contributed by atoms with van der Waals surface area (Å²) < 4.78 is 55.8. The zero-order valence-corrected chi connectivity index (χ0v) is 23.1. The Kier molecular flexibility index (Phi) is 7.57. The maximum Gasteiger partial charge on any atom is 0.260 e. The molecule has 14 heteroatoms. The first kappa shape index (κ1) is 29.0. The fourth-order valence-electron chi connectivity index (χ4n) is 5.25. The van der Waals surface area contributed by atoms with Gasteiger partial charge in [-0.2, -0.15) is 4.39 Å². The lowest BCUT2D eigenvalue weighted by Crippen LogP contribution is -2.41. The quantitative estimate of drug-likeness (QED) is 0.146. The molecule has 1 aliphatic carbocycles. The third-order valence-corrected chi connectivity index (χ3v) is 7.70. The van der Waals surface area contributed by atoms with Crippen LogP contribution in [0.5, 0.6) is 0 Å². The molecule has 6 rings (SSSR count). The molecule has 2 aliphatic rings. The lowest BCUT2D eigenvalue weighted by molar-refractivity contribution is -0.136. The zero-order valence-electron chi connectivity index (χ0n) is 23.1. The number of carbonyl (C=O) groups excluding carboxylic acids is 2. The molecule has 2 fully saturated rings. The Labute approximate surface area is 248 Å². The largest absolute Gasteiger partial charge is 0.342 e. The number of hydrogen-bond donors (Lipinski definition) is 3. The van der Waals surface area contributed by atoms with Crippen LogP contribution in [0.15, 0.2) is 61.2 Å². The average Bonchev–Trinajstić information content (AvgIpc) is 3.32. The molecule has 1 aromatic carbocycles. The number of amides is 2. The molecule has 44 heavy (non-hydrogen) atoms. The molecule has 1 saturated carbocycles. The van der Waals surface area contributed by atoms with Crippen molar-refractivity contribution in [1.29, 1.82) is 5.41 Å². The number of imidazole rings is 2. The fourth-order valence-corrected chi connectivity index (χ4v) is 5.25. The summed E-state index contributed by atoms with van der Waals surface area (Å²) in [4.78, 5) is 41.4. The summed E-state index contributed by atoms with van der Waals surface area (Å²) >= 11 is 0. The minimum absolute atomic E-state index is 0.0622. The summed E-state index contributed by atoms with van der Waals surface area (Å²) in [5.41, 5.74) is 1.64. The van der Waals surface area contributed by atoms with Gasteiger partial charge in [0.1, 0.15) is 23.4 Å². The number of H-pyrrole nitrogens is 1. The zero-order chi connectivity index (χ0) is 31.0. The number of nitrogens with zero attached hydrogens (tertiary/aromatic N) is 5. The van der Waals surface area contributed by atoms with Crippen molar-refractivity contribution in [2.45, 2.75) is 31.2 Å². The average molecular weight is 607 g/mol. The van der Waals surface area contributed by atoms with Crippen LogP contribution in [0.1, 0.15) is 47.2 Å². The molecule has 4 aromatic rings. The predicted molar refractivity (Wildman–Crippen MR) is 152 cm³/mol. The summed E-state index contributed by atoms with van der Waals surface area (Å²) in [5.74, 6) is -5.88. The van der Waals surface area contributed by atoms with E-state index < -0.39 is 41.8 Å². The van der Waals surface area contributed by atoms with Gasteiger partial charge < -0.3 is 19.8 Å². The maximum absolute atomic E-state index is 13.7. The Hall–Kier alpha value is -5.14. The molecule has 1 atom stereocenters. The topological polar surface area (TPSA) is 133 Å². The second kappa shape index (κ2) is 11.5. The van der Waals surface area contributed by atoms with E-state index in [1.165, 1.54) is 47.6 Å². The summed E-state index contributed by atoms with van der Waals surface area (Å²) in [7, 11) is 0. The molecule has 0 radical (unpaired) electrons. The van der Waals surface area contributed by atoms with Gasteiger partial charge in [0.15, 0.2) is 0 Å². The molecule has 2 amide bonds. The number of rotatable bonds is 8. The Bertz CT molecular complexity index is 1760. The van der Waals surface area contributed by atoms with E-state index in [0.29, 0.717) is 48.7 Å². The molecule has 1 unspecified atom stereocenters. The van der Waals surface area contributed by atoms with Crippen molar-refractivity contribution in [3.63, 3.8) is 0 Å². The molecule has 4 heterocycles. The lowest BCUT2D eigenvalue weighted by Gasteiger charge is -2.33. The van der Waals surface area contributed by atoms with Crippen molar-refractivity contribution in [3.05, 3.63) is 90.0 Å². The van der Waals surface area contributed by atoms with Gasteiger partial charge in [-0.1, -0.05) is 0 Å². The number of likely N-dealkylation sites (tertiary alicyclic amines) is 1. The van der Waals surface area contributed by atoms with Gasteiger partial charge in [-0.15, -0.1) is 0 Å². The van der Waals surface area contributed by atoms with Crippen LogP contribution in [-0.4, -0.2) is 65.9 Å². The van der Waals surface area contributed by atoms with Gasteiger partial charge in [0.25, 0.3) is 11.8 Å². The molecule has 0 bridgehead atoms. The van der Waals surface area contributed by atoms with Crippen molar-refractivity contribution in [2.75, 3.05) is 18.4 Å². The van der Waals surface area contributed by atoms with Crippen LogP contribution in [0, 0.1) is 23.1 Å². The number of piperidine rings is 1. The van der Waals surface area contributed by atoms with E-state index in [4.69, 9.17) is 5.41 Å². The number of anilines is 1. The molecule has 10 nitrogen and oxygen atoms in total. The van der Waals surface area contributed by atoms with Crippen LogP contribution in [0.3, 0.4) is 0 Å². The summed E-state index contributed by atoms with van der Waals surface area (Å²) in [6.45, 7) is 0.603. The van der Waals surface area contributed by atoms with E-state index in [1.54, 1.807) is 18.5 Å². The molecule has 3 aromatic heterocycles. The van der Waals surface area contributed by atoms with E-state index in [9.17, 15) is 27.2 Å². The summed E-state index contributed by atoms with van der Waals surface area (Å²) in [6.07, 6.45) is 7.74. The van der Waals surface area contributed by atoms with Crippen molar-refractivity contribution >= 4 is 29.4 Å². The van der Waals surface area contributed by atoms with Gasteiger partial charge in [-0.25, -0.2) is 28.1 Å². The van der Waals surface area contributed by atoms with Gasteiger partial charge >= 0.3 is 0 Å². The smallest absolute Gasteiger partial charge is 0.260 e. The number of carbonyl (C=O) groups is 2. The highest BCUT2D eigenvalue weighted by Gasteiger charge is 2.62. The van der Waals surface area contributed by atoms with Crippen LogP contribution < -0.4 is 5.32 Å². The number of halogens is 4. The number of alkyl halides is 2. The summed E-state index contributed by atoms with van der Waals surface area (Å²) in [6, 6.07) is 7.94. The minimum atomic E-state index is -2.92. The van der Waals surface area contributed by atoms with Crippen LogP contribution in [0.2, 0.25) is 0 Å². The van der Waals surface area contributed by atoms with Gasteiger partial charge in [0, 0.05) is 48.9 Å². The van der Waals surface area contributed by atoms with Crippen molar-refractivity contribution in [1.82, 2.24) is 29.4 Å². The van der Waals surface area contributed by atoms with Gasteiger partial charge in [0.2, 0.25) is 11.9 Å². The third kappa shape index (κ3) is 6.00. The molecule has 1 saturated heterocycles. The standard InChI is InChI=1S/C30H26F4N8O2/c31-19-3-1-17(2-4-19)26-27(42(16-38-26)20-8-11-41(12-9-20)29(44)21-14-30(21,33)34)22(35)5-6-24-37-15-25(39-24)40-28(43)18-7-10-36-23(32)13-18/h1-7,10,13,15-16,20-21,35H,8-9,11-12,14H2,(H,37,39)(H,40,43)/b6-5-,35-22?. The van der Waals surface area contributed by atoms with E-state index >= 15 is 0 Å². The Morgan fingerprint density at radius 3 is 2.48 bits per heavy atom. The SMILES string of the molecule is N=C(/C=C\c1ncc(NC(=O)c2ccnc(F)c2)[nH]1)c1c(-c2ccc(F)cc2)ncn1C1CCN(C(=O)C2CC2(F)F)CC1. The first-order chi connectivity index (χ1) is 21.1. The summed E-state index contributed by atoms with van der Waals surface area (Å²) in [5, 5.41) is 11.5. The number of nitrogens with one attached hydrogen (secondary N) is 3. The van der Waals surface area contributed by atoms with Crippen LogP contribution >= 0.6 is 0 Å². The predicted octanol–water partition coefficient (Wildman–Crippen LogP) is 5.10. The monoisotopic (exact) mass is 606 g/mol. The number of aromatic nitrogens is 5. The van der Waals surface area contributed by atoms with Gasteiger partial charge in [-0.3, -0.25) is 15.0 Å². The fraction of sp³-hybridized carbons (Fsp3) is 0.267. The molecular formula is C30H26F4N8O2. The first-order valence-corrected chi connectivity index (χ1v) is 13.8. The normalized spacial score (nSPS) is 18.0. The second-order valence-electron chi connectivity index (χ2n) is 10.7. The highest BCUT2D eigenvalue weighted by atomic mass is 19.3. The lowest BCUT2D eigenvalue weighted by atomic mass is 10.0. The van der Waals surface area contributed by atoms with E-state index in [-0.39, 0.29) is 23.1 Å². The van der Waals surface area contributed by atoms with Crippen molar-refractivity contribution in [3.8, 4) is 11.3 Å². The molecule has 1 aliphatic heterocycles. The van der Waals surface area contributed by atoms with Crippen LogP contribution in [0.4, 0.5) is 23.4 Å². The van der Waals surface area contributed by atoms with E-state index in [1.807, 2.05) is 4.57 Å². The third-order valence-electron chi connectivity index (χ3n) is 7.70. The molecule has 0 spiro atoms. The molecular weight excluding hydrogens is 580 g/mol. The van der Waals surface area contributed by atoms with Crippen LogP contribution in [0.25, 0.3) is 17.3 Å². The Morgan fingerprint density at radius 1 is 1.07 bits per heavy atom. The van der Waals surface area contributed by atoms with Crippen molar-refractivity contribution in [2.24, 2.45) is 5.92 Å². The Morgan fingerprint density at radius 2 is 1.80 bits per heavy atom. The molecule has 3 N–H and O–H groups in total. The Balaban J connectivity index is 1.20.